The van der Waals surface area contributed by atoms with Crippen molar-refractivity contribution in [2.24, 2.45) is 0 Å². The molecular formula is C23H13BrCl3NO3. The molecule has 0 fully saturated rings. The lowest BCUT2D eigenvalue weighted by molar-refractivity contribution is 0.102. The van der Waals surface area contributed by atoms with Gasteiger partial charge in [-0.05, 0) is 51.6 Å². The second-order valence-electron chi connectivity index (χ2n) is 6.58. The van der Waals surface area contributed by atoms with Crippen LogP contribution in [0.1, 0.15) is 10.4 Å². The molecule has 4 nitrogen and oxygen atoms in total. The predicted molar refractivity (Wildman–Crippen MR) is 129 cm³/mol. The molecule has 0 atom stereocenters. The van der Waals surface area contributed by atoms with Crippen LogP contribution in [0.15, 0.2) is 71.2 Å². The zero-order valence-electron chi connectivity index (χ0n) is 15.6. The van der Waals surface area contributed by atoms with Crippen LogP contribution in [0, 0.1) is 0 Å². The van der Waals surface area contributed by atoms with Crippen molar-refractivity contribution in [3.05, 3.63) is 91.8 Å². The van der Waals surface area contributed by atoms with Crippen LogP contribution in [-0.2, 0) is 0 Å². The van der Waals surface area contributed by atoms with Crippen LogP contribution in [0.5, 0.6) is 17.2 Å². The Kier molecular flexibility index (Phi) is 6.30. The number of benzene rings is 4. The number of hydrogen-bond donors (Lipinski definition) is 2. The van der Waals surface area contributed by atoms with E-state index in [2.05, 4.69) is 21.2 Å². The van der Waals surface area contributed by atoms with Gasteiger partial charge in [-0.3, -0.25) is 4.79 Å². The molecular weight excluding hydrogens is 525 g/mol. The van der Waals surface area contributed by atoms with Gasteiger partial charge in [-0.2, -0.15) is 0 Å². The maximum absolute atomic E-state index is 12.7. The average Bonchev–Trinajstić information content (AvgIpc) is 2.75. The third-order valence-corrected chi connectivity index (χ3v) is 6.06. The summed E-state index contributed by atoms with van der Waals surface area (Å²) in [6, 6.07) is 19.1. The number of anilines is 1. The molecule has 0 saturated heterocycles. The van der Waals surface area contributed by atoms with Gasteiger partial charge in [0.25, 0.3) is 5.91 Å². The SMILES string of the molecule is O=C(Nc1cc(Oc2ccc3ccccc3c2Cl)ccc1Cl)c1cc(Cl)cc(Br)c1O. The second kappa shape index (κ2) is 8.97. The number of carbonyl (C=O) groups is 1. The zero-order valence-corrected chi connectivity index (χ0v) is 19.5. The Balaban J connectivity index is 1.62. The molecule has 31 heavy (non-hydrogen) atoms. The Morgan fingerprint density at radius 3 is 2.55 bits per heavy atom. The molecule has 0 aromatic heterocycles. The molecule has 0 heterocycles. The maximum atomic E-state index is 12.7. The zero-order chi connectivity index (χ0) is 22.1. The van der Waals surface area contributed by atoms with Gasteiger partial charge in [-0.1, -0.05) is 65.1 Å². The summed E-state index contributed by atoms with van der Waals surface area (Å²) in [4.78, 5) is 12.7. The van der Waals surface area contributed by atoms with Crippen molar-refractivity contribution in [2.45, 2.75) is 0 Å². The second-order valence-corrected chi connectivity index (χ2v) is 8.66. The topological polar surface area (TPSA) is 58.6 Å². The summed E-state index contributed by atoms with van der Waals surface area (Å²) in [6.45, 7) is 0. The van der Waals surface area contributed by atoms with Gasteiger partial charge in [0.15, 0.2) is 0 Å². The third kappa shape index (κ3) is 4.60. The van der Waals surface area contributed by atoms with Gasteiger partial charge in [0.2, 0.25) is 0 Å². The van der Waals surface area contributed by atoms with E-state index < -0.39 is 5.91 Å². The number of phenolic OH excluding ortho intramolecular Hbond substituents is 1. The highest BCUT2D eigenvalue weighted by Gasteiger charge is 2.17. The summed E-state index contributed by atoms with van der Waals surface area (Å²) in [5.74, 6) is 0.0848. The molecule has 0 aliphatic heterocycles. The fourth-order valence-corrected chi connectivity index (χ4v) is 4.26. The summed E-state index contributed by atoms with van der Waals surface area (Å²) >= 11 is 21.9. The van der Waals surface area contributed by atoms with Crippen molar-refractivity contribution in [1.82, 2.24) is 0 Å². The summed E-state index contributed by atoms with van der Waals surface area (Å²) in [5, 5.41) is 15.8. The molecule has 4 aromatic carbocycles. The molecule has 0 aliphatic rings. The fraction of sp³-hybridized carbons (Fsp3) is 0. The first-order chi connectivity index (χ1) is 14.8. The minimum absolute atomic E-state index is 0.000614. The van der Waals surface area contributed by atoms with Gasteiger partial charge in [0, 0.05) is 16.5 Å². The van der Waals surface area contributed by atoms with Gasteiger partial charge in [0.05, 0.1) is 25.8 Å². The van der Waals surface area contributed by atoms with Crippen LogP contribution in [0.2, 0.25) is 15.1 Å². The van der Waals surface area contributed by atoms with Gasteiger partial charge in [-0.15, -0.1) is 0 Å². The predicted octanol–water partition coefficient (Wildman–Crippen LogP) is 8.31. The molecule has 4 aromatic rings. The summed E-state index contributed by atoms with van der Waals surface area (Å²) in [7, 11) is 0. The first kappa shape index (κ1) is 21.8. The van der Waals surface area contributed by atoms with Crippen LogP contribution < -0.4 is 10.1 Å². The molecule has 0 spiro atoms. The average molecular weight is 538 g/mol. The Morgan fingerprint density at radius 2 is 1.74 bits per heavy atom. The summed E-state index contributed by atoms with van der Waals surface area (Å²) in [5.41, 5.74) is 0.302. The molecule has 0 bridgehead atoms. The van der Waals surface area contributed by atoms with Gasteiger partial charge in [-0.25, -0.2) is 0 Å². The van der Waals surface area contributed by atoms with E-state index >= 15 is 0 Å². The van der Waals surface area contributed by atoms with Crippen molar-refractivity contribution < 1.29 is 14.6 Å². The smallest absolute Gasteiger partial charge is 0.259 e. The minimum Gasteiger partial charge on any atom is -0.506 e. The lowest BCUT2D eigenvalue weighted by Gasteiger charge is -2.13. The molecule has 2 N–H and O–H groups in total. The lowest BCUT2D eigenvalue weighted by Crippen LogP contribution is -2.12. The molecule has 8 heteroatoms. The monoisotopic (exact) mass is 535 g/mol. The largest absolute Gasteiger partial charge is 0.506 e. The van der Waals surface area contributed by atoms with Gasteiger partial charge < -0.3 is 15.2 Å². The van der Waals surface area contributed by atoms with E-state index in [0.717, 1.165) is 10.8 Å². The number of halogens is 4. The first-order valence-electron chi connectivity index (χ1n) is 8.97. The number of amides is 1. The van der Waals surface area contributed by atoms with Crippen molar-refractivity contribution in [2.75, 3.05) is 5.32 Å². The van der Waals surface area contributed by atoms with E-state index in [1.807, 2.05) is 30.3 Å². The number of ether oxygens (including phenoxy) is 1. The number of fused-ring (bicyclic) bond motifs is 1. The fourth-order valence-electron chi connectivity index (χ4n) is 3.01. The quantitative estimate of drug-likeness (QED) is 0.275. The van der Waals surface area contributed by atoms with E-state index in [9.17, 15) is 9.90 Å². The minimum atomic E-state index is -0.580. The number of carbonyl (C=O) groups excluding carboxylic acids is 1. The van der Waals surface area contributed by atoms with Crippen LogP contribution >= 0.6 is 50.7 Å². The Hall–Kier alpha value is -2.44. The standard InChI is InChI=1S/C23H13BrCl3NO3/c24-17-10-13(25)9-16(22(17)29)23(30)28-19-11-14(6-7-18(19)26)31-20-8-5-12-3-1-2-4-15(12)21(20)27/h1-11,29H,(H,28,30). The van der Waals surface area contributed by atoms with Crippen LogP contribution in [0.3, 0.4) is 0 Å². The van der Waals surface area contributed by atoms with E-state index in [1.165, 1.54) is 12.1 Å². The van der Waals surface area contributed by atoms with Gasteiger partial charge >= 0.3 is 0 Å². The highest BCUT2D eigenvalue weighted by molar-refractivity contribution is 9.10. The third-order valence-electron chi connectivity index (χ3n) is 4.51. The molecule has 4 rings (SSSR count). The highest BCUT2D eigenvalue weighted by atomic mass is 79.9. The van der Waals surface area contributed by atoms with E-state index in [1.54, 1.807) is 24.3 Å². The van der Waals surface area contributed by atoms with E-state index in [-0.39, 0.29) is 11.3 Å². The van der Waals surface area contributed by atoms with Crippen molar-refractivity contribution in [3.8, 4) is 17.2 Å². The normalized spacial score (nSPS) is 10.8. The highest BCUT2D eigenvalue weighted by Crippen LogP contribution is 2.38. The molecule has 0 unspecified atom stereocenters. The van der Waals surface area contributed by atoms with Crippen molar-refractivity contribution >= 4 is 73.1 Å². The van der Waals surface area contributed by atoms with Crippen LogP contribution in [-0.4, -0.2) is 11.0 Å². The lowest BCUT2D eigenvalue weighted by atomic mass is 10.1. The number of rotatable bonds is 4. The van der Waals surface area contributed by atoms with Crippen LogP contribution in [0.4, 0.5) is 5.69 Å². The van der Waals surface area contributed by atoms with Crippen molar-refractivity contribution in [3.63, 3.8) is 0 Å². The summed E-state index contributed by atoms with van der Waals surface area (Å²) < 4.78 is 6.25. The van der Waals surface area contributed by atoms with E-state index in [0.29, 0.717) is 36.7 Å². The Bertz CT molecular complexity index is 1330. The molecule has 156 valence electrons. The van der Waals surface area contributed by atoms with Crippen LogP contribution in [0.25, 0.3) is 10.8 Å². The van der Waals surface area contributed by atoms with Gasteiger partial charge in [0.1, 0.15) is 17.2 Å². The Morgan fingerprint density at radius 1 is 0.968 bits per heavy atom. The number of hydrogen-bond acceptors (Lipinski definition) is 3. The number of nitrogens with one attached hydrogen (secondary N) is 1. The van der Waals surface area contributed by atoms with E-state index in [4.69, 9.17) is 39.5 Å². The molecule has 0 saturated carbocycles. The maximum Gasteiger partial charge on any atom is 0.259 e. The Labute approximate surface area is 201 Å². The number of phenols is 1. The molecule has 0 aliphatic carbocycles. The summed E-state index contributed by atoms with van der Waals surface area (Å²) in [6.07, 6.45) is 0. The molecule has 1 amide bonds. The first-order valence-corrected chi connectivity index (χ1v) is 10.9. The number of aromatic hydroxyl groups is 1. The van der Waals surface area contributed by atoms with Crippen molar-refractivity contribution in [1.29, 1.82) is 0 Å². The molecule has 0 radical (unpaired) electrons.